The summed E-state index contributed by atoms with van der Waals surface area (Å²) in [6.07, 6.45) is 1.50. The van der Waals surface area contributed by atoms with Crippen LogP contribution in [0.5, 0.6) is 0 Å². The largest absolute Gasteiger partial charge is 0.453 e. The molecule has 2 aromatic carbocycles. The van der Waals surface area contributed by atoms with Crippen LogP contribution in [0.25, 0.3) is 22.4 Å². The number of nitrogens with one attached hydrogen (secondary N) is 3. The molecule has 0 aliphatic carbocycles. The van der Waals surface area contributed by atoms with Gasteiger partial charge in [-0.25, -0.2) is 19.0 Å². The number of likely N-dealkylation sites (tertiary alicyclic amines) is 1. The quantitative estimate of drug-likeness (QED) is 0.322. The van der Waals surface area contributed by atoms with Gasteiger partial charge in [-0.15, -0.1) is 0 Å². The van der Waals surface area contributed by atoms with Gasteiger partial charge in [0.2, 0.25) is 11.8 Å². The van der Waals surface area contributed by atoms with Crippen LogP contribution in [0.1, 0.15) is 45.5 Å². The van der Waals surface area contributed by atoms with Crippen LogP contribution in [0.3, 0.4) is 0 Å². The standard InChI is InChI=1S/C32H37FN6O6/c1-18(2)28(37-31(42)44-4)30(41)38-13-5-6-27(38)29-35-16-26(36-29)21-9-7-20(8-10-21)24-12-11-22(14-25(24)33)39-17-23(45-32(39)43)15-34-19(3)40/h7-12,14,16,18,23,27-28H,5-6,13,15,17H2,1-4H3,(H,34,40)(H,35,36)(H,37,42)/t23-,27-,28-/m0/s1. The fourth-order valence-electron chi connectivity index (χ4n) is 5.68. The lowest BCUT2D eigenvalue weighted by Crippen LogP contribution is -2.51. The molecule has 1 aromatic heterocycles. The van der Waals surface area contributed by atoms with Gasteiger partial charge in [-0.05, 0) is 48.1 Å². The first kappa shape index (κ1) is 31.5. The van der Waals surface area contributed by atoms with E-state index in [1.54, 1.807) is 35.4 Å². The number of cyclic esters (lactones) is 1. The Balaban J connectivity index is 1.27. The highest BCUT2D eigenvalue weighted by atomic mass is 19.1. The second kappa shape index (κ2) is 13.4. The third-order valence-electron chi connectivity index (χ3n) is 8.06. The Morgan fingerprint density at radius 1 is 1.16 bits per heavy atom. The molecule has 0 spiro atoms. The monoisotopic (exact) mass is 620 g/mol. The molecule has 2 saturated heterocycles. The molecular weight excluding hydrogens is 583 g/mol. The summed E-state index contributed by atoms with van der Waals surface area (Å²) in [7, 11) is 1.26. The lowest BCUT2D eigenvalue weighted by Gasteiger charge is -2.30. The molecule has 2 aliphatic rings. The molecule has 4 amide bonds. The molecule has 12 nitrogen and oxygen atoms in total. The smallest absolute Gasteiger partial charge is 0.414 e. The first-order valence-electron chi connectivity index (χ1n) is 14.9. The highest BCUT2D eigenvalue weighted by molar-refractivity contribution is 5.90. The van der Waals surface area contributed by atoms with Gasteiger partial charge >= 0.3 is 12.2 Å². The summed E-state index contributed by atoms with van der Waals surface area (Å²) >= 11 is 0. The van der Waals surface area contributed by atoms with E-state index in [-0.39, 0.29) is 36.9 Å². The summed E-state index contributed by atoms with van der Waals surface area (Å²) in [5, 5.41) is 5.27. The molecule has 13 heteroatoms. The van der Waals surface area contributed by atoms with Crippen LogP contribution in [-0.4, -0.2) is 77.8 Å². The van der Waals surface area contributed by atoms with Crippen molar-refractivity contribution in [3.05, 3.63) is 60.3 Å². The third-order valence-corrected chi connectivity index (χ3v) is 8.06. The number of hydrogen-bond donors (Lipinski definition) is 3. The van der Waals surface area contributed by atoms with Gasteiger partial charge in [0, 0.05) is 19.0 Å². The zero-order valence-corrected chi connectivity index (χ0v) is 25.6. The van der Waals surface area contributed by atoms with Crippen LogP contribution in [0.15, 0.2) is 48.7 Å². The predicted octanol–water partition coefficient (Wildman–Crippen LogP) is 4.39. The molecule has 0 bridgehead atoms. The van der Waals surface area contributed by atoms with Crippen LogP contribution >= 0.6 is 0 Å². The number of nitrogens with zero attached hydrogens (tertiary/aromatic N) is 3. The minimum atomic E-state index is -0.717. The number of aromatic amines is 1. The molecule has 0 saturated carbocycles. The van der Waals surface area contributed by atoms with E-state index in [1.165, 1.54) is 25.0 Å². The molecule has 0 unspecified atom stereocenters. The summed E-state index contributed by atoms with van der Waals surface area (Å²) in [5.74, 6) is -0.372. The van der Waals surface area contributed by atoms with Gasteiger partial charge in [0.05, 0.1) is 43.8 Å². The summed E-state index contributed by atoms with van der Waals surface area (Å²) < 4.78 is 25.2. The normalized spacial score (nSPS) is 18.6. The number of imidazole rings is 1. The first-order valence-corrected chi connectivity index (χ1v) is 14.9. The Morgan fingerprint density at radius 3 is 2.56 bits per heavy atom. The van der Waals surface area contributed by atoms with E-state index in [9.17, 15) is 19.2 Å². The number of anilines is 1. The van der Waals surface area contributed by atoms with E-state index in [1.807, 2.05) is 26.0 Å². The fraction of sp³-hybridized carbons (Fsp3) is 0.406. The number of amides is 4. The summed E-state index contributed by atoms with van der Waals surface area (Å²) in [6, 6.07) is 10.9. The summed E-state index contributed by atoms with van der Waals surface area (Å²) in [6.45, 7) is 6.07. The third kappa shape index (κ3) is 6.92. The number of alkyl carbamates (subject to hydrolysis) is 1. The highest BCUT2D eigenvalue weighted by Crippen LogP contribution is 2.34. The van der Waals surface area contributed by atoms with Gasteiger partial charge in [-0.3, -0.25) is 14.5 Å². The lowest BCUT2D eigenvalue weighted by molar-refractivity contribution is -0.135. The Morgan fingerprint density at radius 2 is 1.89 bits per heavy atom. The lowest BCUT2D eigenvalue weighted by atomic mass is 10.0. The predicted molar refractivity (Wildman–Crippen MR) is 164 cm³/mol. The number of H-pyrrole nitrogens is 1. The van der Waals surface area contributed by atoms with Gasteiger partial charge in [0.15, 0.2) is 0 Å². The van der Waals surface area contributed by atoms with Crippen molar-refractivity contribution in [1.29, 1.82) is 0 Å². The Bertz CT molecular complexity index is 1570. The number of ether oxygens (including phenoxy) is 2. The molecule has 3 aromatic rings. The average Bonchev–Trinajstić information content (AvgIpc) is 3.78. The number of benzene rings is 2. The Labute approximate surface area is 260 Å². The molecule has 2 aliphatic heterocycles. The SMILES string of the molecule is COC(=O)N[C@H](C(=O)N1CCC[C@H]1c1ncc(-c2ccc(-c3ccc(N4C[C@H](CNC(C)=O)OC4=O)cc3F)cc2)[nH]1)C(C)C. The zero-order chi connectivity index (χ0) is 32.2. The summed E-state index contributed by atoms with van der Waals surface area (Å²) in [5.41, 5.74) is 2.98. The van der Waals surface area contributed by atoms with Crippen LogP contribution in [-0.2, 0) is 19.1 Å². The van der Waals surface area contributed by atoms with Crippen molar-refractivity contribution in [2.75, 3.05) is 31.6 Å². The maximum absolute atomic E-state index is 15.3. The zero-order valence-electron chi connectivity index (χ0n) is 25.6. The number of carbonyl (C=O) groups excluding carboxylic acids is 4. The molecule has 2 fully saturated rings. The van der Waals surface area contributed by atoms with Crippen molar-refractivity contribution in [2.24, 2.45) is 5.92 Å². The average molecular weight is 621 g/mol. The van der Waals surface area contributed by atoms with E-state index >= 15 is 4.39 Å². The molecule has 0 radical (unpaired) electrons. The van der Waals surface area contributed by atoms with Crippen molar-refractivity contribution in [2.45, 2.75) is 51.8 Å². The second-order valence-corrected chi connectivity index (χ2v) is 11.5. The van der Waals surface area contributed by atoms with Crippen molar-refractivity contribution < 1.29 is 33.0 Å². The number of methoxy groups -OCH3 is 1. The molecule has 238 valence electrons. The van der Waals surface area contributed by atoms with Crippen LogP contribution in [0, 0.1) is 11.7 Å². The fourth-order valence-corrected chi connectivity index (χ4v) is 5.68. The Kier molecular flexibility index (Phi) is 9.35. The van der Waals surface area contributed by atoms with E-state index in [4.69, 9.17) is 9.47 Å². The van der Waals surface area contributed by atoms with Gasteiger partial charge in [-0.1, -0.05) is 38.1 Å². The molecule has 3 atom stereocenters. The van der Waals surface area contributed by atoms with Crippen LogP contribution < -0.4 is 15.5 Å². The number of carbonyl (C=O) groups is 4. The summed E-state index contributed by atoms with van der Waals surface area (Å²) in [4.78, 5) is 59.8. The first-order chi connectivity index (χ1) is 21.5. The highest BCUT2D eigenvalue weighted by Gasteiger charge is 2.37. The minimum absolute atomic E-state index is 0.130. The maximum Gasteiger partial charge on any atom is 0.414 e. The molecule has 3 N–H and O–H groups in total. The van der Waals surface area contributed by atoms with Gasteiger partial charge in [-0.2, -0.15) is 0 Å². The number of aromatic nitrogens is 2. The number of hydrogen-bond acceptors (Lipinski definition) is 7. The second-order valence-electron chi connectivity index (χ2n) is 11.5. The molecule has 45 heavy (non-hydrogen) atoms. The molecule has 5 rings (SSSR count). The topological polar surface area (TPSA) is 146 Å². The van der Waals surface area contributed by atoms with Crippen LogP contribution in [0.4, 0.5) is 19.7 Å². The van der Waals surface area contributed by atoms with Gasteiger partial charge in [0.25, 0.3) is 0 Å². The van der Waals surface area contributed by atoms with E-state index in [0.717, 1.165) is 24.1 Å². The van der Waals surface area contributed by atoms with Crippen molar-refractivity contribution >= 4 is 29.7 Å². The van der Waals surface area contributed by atoms with Crippen molar-refractivity contribution in [3.8, 4) is 22.4 Å². The maximum atomic E-state index is 15.3. The van der Waals surface area contributed by atoms with E-state index < -0.39 is 30.1 Å². The van der Waals surface area contributed by atoms with Crippen molar-refractivity contribution in [1.82, 2.24) is 25.5 Å². The van der Waals surface area contributed by atoms with E-state index in [0.29, 0.717) is 29.2 Å². The van der Waals surface area contributed by atoms with Gasteiger partial charge in [0.1, 0.15) is 23.8 Å². The van der Waals surface area contributed by atoms with E-state index in [2.05, 4.69) is 20.6 Å². The van der Waals surface area contributed by atoms with Gasteiger partial charge < -0.3 is 30.0 Å². The molecule has 3 heterocycles. The van der Waals surface area contributed by atoms with Crippen LogP contribution in [0.2, 0.25) is 0 Å². The van der Waals surface area contributed by atoms with Crippen molar-refractivity contribution in [3.63, 3.8) is 0 Å². The Hall–Kier alpha value is -4.94. The molecular formula is C32H37FN6O6. The minimum Gasteiger partial charge on any atom is -0.453 e. The number of rotatable bonds is 9. The number of halogens is 1.